The molecule has 0 amide bonds. The highest BCUT2D eigenvalue weighted by Crippen LogP contribution is 2.37. The molecule has 4 rings (SSSR count). The predicted molar refractivity (Wildman–Crippen MR) is 83.1 cm³/mol. The lowest BCUT2D eigenvalue weighted by atomic mass is 10.0. The van der Waals surface area contributed by atoms with Gasteiger partial charge in [-0.3, -0.25) is 4.79 Å². The van der Waals surface area contributed by atoms with Gasteiger partial charge in [-0.15, -0.1) is 0 Å². The van der Waals surface area contributed by atoms with Gasteiger partial charge in [0.25, 0.3) is 0 Å². The minimum absolute atomic E-state index is 0.127. The van der Waals surface area contributed by atoms with Crippen molar-refractivity contribution >= 4 is 11.0 Å². The van der Waals surface area contributed by atoms with Gasteiger partial charge in [0, 0.05) is 29.7 Å². The van der Waals surface area contributed by atoms with E-state index in [2.05, 4.69) is 0 Å². The topological polar surface area (TPSA) is 59.7 Å². The van der Waals surface area contributed by atoms with Gasteiger partial charge in [0.15, 0.2) is 5.43 Å². The van der Waals surface area contributed by atoms with E-state index in [1.165, 1.54) is 12.1 Å². The summed E-state index contributed by atoms with van der Waals surface area (Å²) in [5, 5.41) is 10.3. The molecule has 4 nitrogen and oxygen atoms in total. The van der Waals surface area contributed by atoms with E-state index in [1.807, 2.05) is 36.4 Å². The molecule has 4 heteroatoms. The number of allylic oxidation sites excluding steroid dienone is 1. The highest BCUT2D eigenvalue weighted by Gasteiger charge is 2.19. The van der Waals surface area contributed by atoms with Crippen molar-refractivity contribution in [1.82, 2.24) is 0 Å². The number of aromatic hydroxyl groups is 1. The monoisotopic (exact) mass is 292 g/mol. The molecule has 0 saturated carbocycles. The molecular weight excluding hydrogens is 280 g/mol. The van der Waals surface area contributed by atoms with Crippen molar-refractivity contribution in [3.63, 3.8) is 0 Å². The number of ether oxygens (including phenoxy) is 1. The zero-order chi connectivity index (χ0) is 15.1. The van der Waals surface area contributed by atoms with E-state index in [9.17, 15) is 9.90 Å². The fourth-order valence-corrected chi connectivity index (χ4v) is 2.67. The van der Waals surface area contributed by atoms with Gasteiger partial charge in [-0.2, -0.15) is 0 Å². The highest BCUT2D eigenvalue weighted by atomic mass is 16.5. The lowest BCUT2D eigenvalue weighted by molar-refractivity contribution is 0.445. The van der Waals surface area contributed by atoms with Crippen LogP contribution in [0.3, 0.4) is 0 Å². The van der Waals surface area contributed by atoms with E-state index >= 15 is 0 Å². The van der Waals surface area contributed by atoms with Crippen LogP contribution in [0.25, 0.3) is 22.3 Å². The average Bonchev–Trinajstić information content (AvgIpc) is 2.55. The Bertz CT molecular complexity index is 952. The maximum absolute atomic E-state index is 12.4. The molecule has 0 atom stereocenters. The molecule has 2 aromatic carbocycles. The van der Waals surface area contributed by atoms with E-state index in [4.69, 9.17) is 9.15 Å². The highest BCUT2D eigenvalue weighted by molar-refractivity contribution is 5.89. The molecule has 1 N–H and O–H groups in total. The molecule has 1 aliphatic heterocycles. The third kappa shape index (κ3) is 1.89. The van der Waals surface area contributed by atoms with Crippen LogP contribution in [0, 0.1) is 0 Å². The Hall–Kier alpha value is -3.01. The van der Waals surface area contributed by atoms with Crippen LogP contribution in [0.1, 0.15) is 5.56 Å². The molecule has 1 aliphatic rings. The van der Waals surface area contributed by atoms with E-state index in [0.29, 0.717) is 23.5 Å². The first-order chi connectivity index (χ1) is 10.7. The molecule has 0 radical (unpaired) electrons. The quantitative estimate of drug-likeness (QED) is 0.744. The summed E-state index contributed by atoms with van der Waals surface area (Å²) in [7, 11) is 0. The number of benzene rings is 2. The van der Waals surface area contributed by atoms with Gasteiger partial charge in [0.05, 0.1) is 6.26 Å². The fraction of sp³-hybridized carbons (Fsp3) is 0.0556. The largest absolute Gasteiger partial charge is 0.507 e. The number of hydrogen-bond donors (Lipinski definition) is 1. The number of phenols is 1. The Labute approximate surface area is 125 Å². The first kappa shape index (κ1) is 12.7. The second-order valence-corrected chi connectivity index (χ2v) is 5.11. The number of hydrogen-bond acceptors (Lipinski definition) is 4. The van der Waals surface area contributed by atoms with Gasteiger partial charge in [0.1, 0.15) is 28.2 Å². The molecule has 22 heavy (non-hydrogen) atoms. The first-order valence-corrected chi connectivity index (χ1v) is 6.94. The Morgan fingerprint density at radius 2 is 1.91 bits per heavy atom. The molecule has 0 saturated heterocycles. The SMILES string of the molecule is O=c1cc(-c2ccccc2)oc2c3c(cc(O)c12)OC=CC3. The van der Waals surface area contributed by atoms with Gasteiger partial charge in [-0.05, 0) is 6.08 Å². The van der Waals surface area contributed by atoms with E-state index < -0.39 is 0 Å². The Balaban J connectivity index is 2.07. The molecule has 0 bridgehead atoms. The summed E-state index contributed by atoms with van der Waals surface area (Å²) in [6, 6.07) is 12.3. The summed E-state index contributed by atoms with van der Waals surface area (Å²) in [5.41, 5.74) is 1.69. The summed E-state index contributed by atoms with van der Waals surface area (Å²) in [5.74, 6) is 0.860. The number of phenolic OH excluding ortho intramolecular Hbond substituents is 1. The average molecular weight is 292 g/mol. The lowest BCUT2D eigenvalue weighted by Gasteiger charge is -2.15. The van der Waals surface area contributed by atoms with Crippen LogP contribution in [-0.4, -0.2) is 5.11 Å². The molecule has 0 aliphatic carbocycles. The van der Waals surface area contributed by atoms with E-state index in [-0.39, 0.29) is 16.6 Å². The first-order valence-electron chi connectivity index (χ1n) is 6.94. The van der Waals surface area contributed by atoms with Gasteiger partial charge >= 0.3 is 0 Å². The van der Waals surface area contributed by atoms with Crippen molar-refractivity contribution in [2.45, 2.75) is 6.42 Å². The second kappa shape index (κ2) is 4.77. The van der Waals surface area contributed by atoms with Crippen molar-refractivity contribution in [2.24, 2.45) is 0 Å². The van der Waals surface area contributed by atoms with Crippen LogP contribution in [-0.2, 0) is 6.42 Å². The Kier molecular flexibility index (Phi) is 2.76. The molecule has 2 heterocycles. The van der Waals surface area contributed by atoms with Crippen molar-refractivity contribution in [1.29, 1.82) is 0 Å². The zero-order valence-corrected chi connectivity index (χ0v) is 11.6. The molecule has 0 fully saturated rings. The smallest absolute Gasteiger partial charge is 0.197 e. The maximum atomic E-state index is 12.4. The van der Waals surface area contributed by atoms with Crippen LogP contribution < -0.4 is 10.2 Å². The molecule has 0 unspecified atom stereocenters. The molecule has 0 spiro atoms. The van der Waals surface area contributed by atoms with Gasteiger partial charge in [-0.1, -0.05) is 30.3 Å². The second-order valence-electron chi connectivity index (χ2n) is 5.11. The minimum Gasteiger partial charge on any atom is -0.507 e. The Morgan fingerprint density at radius 3 is 2.73 bits per heavy atom. The molecular formula is C18H12O4. The van der Waals surface area contributed by atoms with Crippen LogP contribution in [0.5, 0.6) is 11.5 Å². The fourth-order valence-electron chi connectivity index (χ4n) is 2.67. The van der Waals surface area contributed by atoms with Gasteiger partial charge in [-0.25, -0.2) is 0 Å². The summed E-state index contributed by atoms with van der Waals surface area (Å²) >= 11 is 0. The zero-order valence-electron chi connectivity index (χ0n) is 11.6. The summed E-state index contributed by atoms with van der Waals surface area (Å²) < 4.78 is 11.3. The molecule has 3 aromatic rings. The van der Waals surface area contributed by atoms with Crippen LogP contribution in [0.15, 0.2) is 64.0 Å². The van der Waals surface area contributed by atoms with Crippen molar-refractivity contribution in [3.05, 3.63) is 70.6 Å². The summed E-state index contributed by atoms with van der Waals surface area (Å²) in [4.78, 5) is 12.4. The summed E-state index contributed by atoms with van der Waals surface area (Å²) in [6.45, 7) is 0. The van der Waals surface area contributed by atoms with Crippen molar-refractivity contribution < 1.29 is 14.3 Å². The van der Waals surface area contributed by atoms with Crippen molar-refractivity contribution in [3.8, 4) is 22.8 Å². The van der Waals surface area contributed by atoms with E-state index in [1.54, 1.807) is 6.26 Å². The van der Waals surface area contributed by atoms with Gasteiger partial charge in [0.2, 0.25) is 0 Å². The maximum Gasteiger partial charge on any atom is 0.197 e. The lowest BCUT2D eigenvalue weighted by Crippen LogP contribution is -2.05. The summed E-state index contributed by atoms with van der Waals surface area (Å²) in [6.07, 6.45) is 3.99. The van der Waals surface area contributed by atoms with Crippen LogP contribution >= 0.6 is 0 Å². The van der Waals surface area contributed by atoms with Gasteiger partial charge < -0.3 is 14.3 Å². The molecule has 108 valence electrons. The predicted octanol–water partition coefficient (Wildman–Crippen LogP) is 3.61. The normalized spacial score (nSPS) is 12.9. The molecule has 1 aromatic heterocycles. The third-order valence-electron chi connectivity index (χ3n) is 3.71. The Morgan fingerprint density at radius 1 is 1.09 bits per heavy atom. The number of rotatable bonds is 1. The van der Waals surface area contributed by atoms with E-state index in [0.717, 1.165) is 11.1 Å². The van der Waals surface area contributed by atoms with Crippen molar-refractivity contribution in [2.75, 3.05) is 0 Å². The van der Waals surface area contributed by atoms with Crippen LogP contribution in [0.2, 0.25) is 0 Å². The van der Waals surface area contributed by atoms with Crippen LogP contribution in [0.4, 0.5) is 0 Å². The minimum atomic E-state index is -0.269. The standard InChI is InChI=1S/C18H12O4/c19-13-9-15(11-5-2-1-3-6-11)22-18-12-7-4-8-21-16(12)10-14(20)17(13)18/h1-6,8-10,20H,7H2. The number of fused-ring (bicyclic) bond motifs is 3. The third-order valence-corrected chi connectivity index (χ3v) is 3.71.